The van der Waals surface area contributed by atoms with Crippen molar-refractivity contribution < 1.29 is 9.18 Å². The third-order valence-corrected chi connectivity index (χ3v) is 3.42. The quantitative estimate of drug-likeness (QED) is 0.893. The average molecular weight is 250 g/mol. The highest BCUT2D eigenvalue weighted by Crippen LogP contribution is 2.19. The maximum absolute atomic E-state index is 13.6. The molecule has 0 spiro atoms. The number of hydrogen-bond donors (Lipinski definition) is 1. The Morgan fingerprint density at radius 1 is 1.44 bits per heavy atom. The fourth-order valence-electron chi connectivity index (χ4n) is 2.30. The summed E-state index contributed by atoms with van der Waals surface area (Å²) in [6.45, 7) is 0.974. The Morgan fingerprint density at radius 2 is 2.22 bits per heavy atom. The Kier molecular flexibility index (Phi) is 4.31. The van der Waals surface area contributed by atoms with Gasteiger partial charge in [0.25, 0.3) is 0 Å². The molecular formula is C14H19FN2O. The van der Waals surface area contributed by atoms with Crippen molar-refractivity contribution in [2.24, 2.45) is 0 Å². The molecule has 2 rings (SSSR count). The lowest BCUT2D eigenvalue weighted by Crippen LogP contribution is -2.39. The van der Waals surface area contributed by atoms with Crippen molar-refractivity contribution >= 4 is 11.6 Å². The monoisotopic (exact) mass is 250 g/mol. The molecule has 1 amide bonds. The normalized spacial score (nSPS) is 19.6. The fraction of sp³-hybridized carbons (Fsp3) is 0.500. The summed E-state index contributed by atoms with van der Waals surface area (Å²) in [7, 11) is 1.63. The van der Waals surface area contributed by atoms with E-state index in [9.17, 15) is 9.18 Å². The zero-order valence-corrected chi connectivity index (χ0v) is 10.7. The van der Waals surface area contributed by atoms with Crippen LogP contribution in [0.1, 0.15) is 25.7 Å². The smallest absolute Gasteiger partial charge is 0.228 e. The van der Waals surface area contributed by atoms with Gasteiger partial charge in [-0.25, -0.2) is 4.39 Å². The van der Waals surface area contributed by atoms with Crippen molar-refractivity contribution in [3.05, 3.63) is 30.1 Å². The van der Waals surface area contributed by atoms with Gasteiger partial charge < -0.3 is 10.2 Å². The van der Waals surface area contributed by atoms with Gasteiger partial charge in [-0.05, 0) is 31.5 Å². The van der Waals surface area contributed by atoms with Crippen molar-refractivity contribution in [2.45, 2.75) is 31.7 Å². The number of carbonyl (C=O) groups excluding carboxylic acids is 1. The molecule has 3 nitrogen and oxygen atoms in total. The molecule has 1 fully saturated rings. The van der Waals surface area contributed by atoms with E-state index >= 15 is 0 Å². The van der Waals surface area contributed by atoms with Crippen LogP contribution in [0.3, 0.4) is 0 Å². The van der Waals surface area contributed by atoms with Gasteiger partial charge in [0.05, 0.1) is 5.69 Å². The van der Waals surface area contributed by atoms with Gasteiger partial charge >= 0.3 is 0 Å². The Labute approximate surface area is 107 Å². The highest BCUT2D eigenvalue weighted by atomic mass is 19.1. The first-order valence-electron chi connectivity index (χ1n) is 6.43. The maximum Gasteiger partial charge on any atom is 0.228 e. The molecule has 0 radical (unpaired) electrons. The van der Waals surface area contributed by atoms with E-state index in [1.54, 1.807) is 25.2 Å². The topological polar surface area (TPSA) is 32.3 Å². The highest BCUT2D eigenvalue weighted by molar-refractivity contribution is 5.93. The van der Waals surface area contributed by atoms with Crippen LogP contribution in [0.15, 0.2) is 24.3 Å². The average Bonchev–Trinajstić information content (AvgIpc) is 2.39. The van der Waals surface area contributed by atoms with E-state index in [1.165, 1.54) is 17.4 Å². The third-order valence-electron chi connectivity index (χ3n) is 3.42. The molecule has 18 heavy (non-hydrogen) atoms. The van der Waals surface area contributed by atoms with Gasteiger partial charge in [0.1, 0.15) is 5.82 Å². The largest absolute Gasteiger partial charge is 0.313 e. The van der Waals surface area contributed by atoms with E-state index < -0.39 is 0 Å². The van der Waals surface area contributed by atoms with Gasteiger partial charge in [0.2, 0.25) is 5.91 Å². The van der Waals surface area contributed by atoms with Gasteiger partial charge in [-0.2, -0.15) is 0 Å². The van der Waals surface area contributed by atoms with Crippen molar-refractivity contribution in [1.29, 1.82) is 0 Å². The number of halogens is 1. The van der Waals surface area contributed by atoms with Crippen molar-refractivity contribution in [3.8, 4) is 0 Å². The van der Waals surface area contributed by atoms with Crippen LogP contribution in [0, 0.1) is 5.82 Å². The van der Waals surface area contributed by atoms with Crippen molar-refractivity contribution in [2.75, 3.05) is 18.5 Å². The number of carbonyl (C=O) groups is 1. The maximum atomic E-state index is 13.6. The number of hydrogen-bond acceptors (Lipinski definition) is 2. The predicted octanol–water partition coefficient (Wildman–Crippen LogP) is 2.32. The van der Waals surface area contributed by atoms with Gasteiger partial charge in [0, 0.05) is 19.5 Å². The molecule has 0 aliphatic carbocycles. The molecular weight excluding hydrogens is 231 g/mol. The summed E-state index contributed by atoms with van der Waals surface area (Å²) in [6, 6.07) is 6.60. The fourth-order valence-corrected chi connectivity index (χ4v) is 2.30. The zero-order chi connectivity index (χ0) is 13.0. The first kappa shape index (κ1) is 13.0. The van der Waals surface area contributed by atoms with Crippen LogP contribution in [-0.4, -0.2) is 25.5 Å². The summed E-state index contributed by atoms with van der Waals surface area (Å²) in [5.41, 5.74) is 0.346. The standard InChI is InChI=1S/C14H19FN2O/c1-17(13-8-3-2-7-12(13)15)14(18)10-11-6-4-5-9-16-11/h2-3,7-8,11,16H,4-6,9-10H2,1H3. The molecule has 1 heterocycles. The SMILES string of the molecule is CN(C(=O)CC1CCCCN1)c1ccccc1F. The van der Waals surface area contributed by atoms with Gasteiger partial charge in [-0.15, -0.1) is 0 Å². The molecule has 0 saturated carbocycles. The van der Waals surface area contributed by atoms with E-state index in [1.807, 2.05) is 0 Å². The van der Waals surface area contributed by atoms with Crippen LogP contribution < -0.4 is 10.2 Å². The zero-order valence-electron chi connectivity index (χ0n) is 10.7. The highest BCUT2D eigenvalue weighted by Gasteiger charge is 2.20. The molecule has 1 aliphatic rings. The van der Waals surface area contributed by atoms with Crippen LogP contribution in [0.25, 0.3) is 0 Å². The summed E-state index contributed by atoms with van der Waals surface area (Å²) >= 11 is 0. The summed E-state index contributed by atoms with van der Waals surface area (Å²) in [5, 5.41) is 3.33. The Balaban J connectivity index is 1.98. The lowest BCUT2D eigenvalue weighted by molar-refractivity contribution is -0.118. The van der Waals surface area contributed by atoms with Crippen LogP contribution in [0.4, 0.5) is 10.1 Å². The molecule has 1 aliphatic heterocycles. The number of amides is 1. The molecule has 1 aromatic carbocycles. The molecule has 0 bridgehead atoms. The molecule has 1 aromatic rings. The lowest BCUT2D eigenvalue weighted by atomic mass is 10.0. The van der Waals surface area contributed by atoms with E-state index in [0.29, 0.717) is 12.1 Å². The summed E-state index contributed by atoms with van der Waals surface area (Å²) in [4.78, 5) is 13.5. The molecule has 1 saturated heterocycles. The first-order valence-corrected chi connectivity index (χ1v) is 6.43. The second kappa shape index (κ2) is 5.96. The Hall–Kier alpha value is -1.42. The number of rotatable bonds is 3. The predicted molar refractivity (Wildman–Crippen MR) is 70.1 cm³/mol. The Bertz CT molecular complexity index is 416. The molecule has 1 atom stereocenters. The van der Waals surface area contributed by atoms with Crippen molar-refractivity contribution in [3.63, 3.8) is 0 Å². The molecule has 98 valence electrons. The van der Waals surface area contributed by atoms with Crippen LogP contribution in [0.5, 0.6) is 0 Å². The molecule has 1 N–H and O–H groups in total. The number of nitrogens with one attached hydrogen (secondary N) is 1. The number of para-hydroxylation sites is 1. The number of piperidine rings is 1. The first-order chi connectivity index (χ1) is 8.68. The molecule has 4 heteroatoms. The summed E-state index contributed by atoms with van der Waals surface area (Å²) < 4.78 is 13.6. The van der Waals surface area contributed by atoms with E-state index in [0.717, 1.165) is 19.4 Å². The van der Waals surface area contributed by atoms with Crippen molar-refractivity contribution in [1.82, 2.24) is 5.32 Å². The Morgan fingerprint density at radius 3 is 2.89 bits per heavy atom. The second-order valence-electron chi connectivity index (χ2n) is 4.76. The number of nitrogens with zero attached hydrogens (tertiary/aromatic N) is 1. The minimum Gasteiger partial charge on any atom is -0.313 e. The minimum atomic E-state index is -0.357. The summed E-state index contributed by atoms with van der Waals surface area (Å²) in [6.07, 6.45) is 3.80. The third kappa shape index (κ3) is 3.07. The number of anilines is 1. The minimum absolute atomic E-state index is 0.0421. The van der Waals surface area contributed by atoms with Gasteiger partial charge in [-0.1, -0.05) is 18.6 Å². The molecule has 1 unspecified atom stereocenters. The lowest BCUT2D eigenvalue weighted by Gasteiger charge is -2.25. The van der Waals surface area contributed by atoms with Gasteiger partial charge in [0.15, 0.2) is 0 Å². The van der Waals surface area contributed by atoms with Gasteiger partial charge in [-0.3, -0.25) is 4.79 Å². The second-order valence-corrected chi connectivity index (χ2v) is 4.76. The number of benzene rings is 1. The van der Waals surface area contributed by atoms with Crippen LogP contribution in [-0.2, 0) is 4.79 Å². The van der Waals surface area contributed by atoms with Crippen LogP contribution >= 0.6 is 0 Å². The van der Waals surface area contributed by atoms with Crippen LogP contribution in [0.2, 0.25) is 0 Å². The van der Waals surface area contributed by atoms with E-state index in [-0.39, 0.29) is 17.8 Å². The summed E-state index contributed by atoms with van der Waals surface area (Å²) in [5.74, 6) is -0.399. The van der Waals surface area contributed by atoms with E-state index in [2.05, 4.69) is 5.32 Å². The van der Waals surface area contributed by atoms with E-state index in [4.69, 9.17) is 0 Å². The molecule has 0 aromatic heterocycles.